The van der Waals surface area contributed by atoms with E-state index in [4.69, 9.17) is 4.52 Å². The number of hydrogen-bond acceptors (Lipinski definition) is 8. The zero-order chi connectivity index (χ0) is 17.2. The van der Waals surface area contributed by atoms with Crippen LogP contribution in [0.5, 0.6) is 0 Å². The van der Waals surface area contributed by atoms with Crippen molar-refractivity contribution in [1.82, 2.24) is 30.1 Å². The Kier molecular flexibility index (Phi) is 4.33. The highest BCUT2D eigenvalue weighted by Gasteiger charge is 2.11. The smallest absolute Gasteiger partial charge is 0.237 e. The minimum Gasteiger partial charge on any atom is -0.338 e. The van der Waals surface area contributed by atoms with E-state index < -0.39 is 0 Å². The van der Waals surface area contributed by atoms with Crippen molar-refractivity contribution in [3.8, 4) is 16.5 Å². The average molecular weight is 370 g/mol. The first-order valence-corrected chi connectivity index (χ1v) is 9.42. The topological polar surface area (TPSA) is 82.5 Å². The summed E-state index contributed by atoms with van der Waals surface area (Å²) < 4.78 is 7.06. The van der Waals surface area contributed by atoms with Crippen LogP contribution in [0, 0.1) is 13.8 Å². The van der Waals surface area contributed by atoms with Gasteiger partial charge in [0.15, 0.2) is 5.82 Å². The number of nitrogens with zero attached hydrogens (tertiary/aromatic N) is 6. The van der Waals surface area contributed by atoms with E-state index in [0.717, 1.165) is 21.3 Å². The summed E-state index contributed by atoms with van der Waals surface area (Å²) in [6, 6.07) is 9.76. The lowest BCUT2D eigenvalue weighted by Crippen LogP contribution is -2.03. The minimum atomic E-state index is 0.548. The second-order valence-electron chi connectivity index (χ2n) is 5.35. The van der Waals surface area contributed by atoms with Crippen molar-refractivity contribution < 1.29 is 4.52 Å². The Morgan fingerprint density at radius 2 is 2.12 bits per heavy atom. The summed E-state index contributed by atoms with van der Waals surface area (Å²) in [7, 11) is 0. The number of aryl methyl sites for hydroxylation is 2. The van der Waals surface area contributed by atoms with Crippen molar-refractivity contribution >= 4 is 23.1 Å². The van der Waals surface area contributed by atoms with Gasteiger partial charge in [0.2, 0.25) is 11.7 Å². The second kappa shape index (κ2) is 6.77. The zero-order valence-electron chi connectivity index (χ0n) is 13.6. The molecule has 0 radical (unpaired) electrons. The minimum absolute atomic E-state index is 0.548. The molecule has 25 heavy (non-hydrogen) atoms. The van der Waals surface area contributed by atoms with Crippen LogP contribution in [0.15, 0.2) is 45.3 Å². The maximum Gasteiger partial charge on any atom is 0.237 e. The third kappa shape index (κ3) is 3.47. The van der Waals surface area contributed by atoms with Gasteiger partial charge in [-0.3, -0.25) is 0 Å². The molecule has 0 spiro atoms. The molecule has 0 aromatic carbocycles. The Labute approximate surface area is 152 Å². The molecule has 7 nitrogen and oxygen atoms in total. The van der Waals surface area contributed by atoms with Gasteiger partial charge in [0.05, 0.1) is 16.3 Å². The van der Waals surface area contributed by atoms with Crippen molar-refractivity contribution in [2.24, 2.45) is 0 Å². The van der Waals surface area contributed by atoms with Crippen LogP contribution in [0.25, 0.3) is 16.5 Å². The number of thiophene rings is 1. The molecular formula is C16H14N6OS2. The van der Waals surface area contributed by atoms with Gasteiger partial charge in [-0.05, 0) is 43.5 Å². The van der Waals surface area contributed by atoms with Crippen LogP contribution in [0.4, 0.5) is 0 Å². The van der Waals surface area contributed by atoms with Gasteiger partial charge in [0.25, 0.3) is 0 Å². The standard InChI is InChI=1S/C16H14N6OS2/c1-10-8-11(2)22(20-10)13-5-6-15(19-18-13)25-9-14-17-16(21-23-14)12-4-3-7-24-12/h3-8H,9H2,1-2H3. The number of aromatic nitrogens is 6. The lowest BCUT2D eigenvalue weighted by Gasteiger charge is -2.03. The molecule has 4 heterocycles. The lowest BCUT2D eigenvalue weighted by atomic mass is 10.4. The fourth-order valence-electron chi connectivity index (χ4n) is 2.32. The van der Waals surface area contributed by atoms with E-state index in [-0.39, 0.29) is 0 Å². The van der Waals surface area contributed by atoms with Gasteiger partial charge in [-0.1, -0.05) is 23.0 Å². The average Bonchev–Trinajstić information content (AvgIpc) is 3.34. The molecule has 0 aliphatic rings. The first-order chi connectivity index (χ1) is 12.2. The molecule has 0 aliphatic carbocycles. The largest absolute Gasteiger partial charge is 0.338 e. The van der Waals surface area contributed by atoms with Crippen molar-refractivity contribution in [3.63, 3.8) is 0 Å². The van der Waals surface area contributed by atoms with Crippen molar-refractivity contribution in [3.05, 3.63) is 53.0 Å². The van der Waals surface area contributed by atoms with Crippen molar-refractivity contribution in [1.29, 1.82) is 0 Å². The fraction of sp³-hybridized carbons (Fsp3) is 0.188. The predicted molar refractivity (Wildman–Crippen MR) is 95.8 cm³/mol. The summed E-state index contributed by atoms with van der Waals surface area (Å²) in [5.74, 6) is 2.44. The van der Waals surface area contributed by atoms with Crippen LogP contribution in [0.2, 0.25) is 0 Å². The number of rotatable bonds is 5. The molecule has 0 N–H and O–H groups in total. The summed E-state index contributed by atoms with van der Waals surface area (Å²) in [6.07, 6.45) is 0. The third-order valence-corrected chi connectivity index (χ3v) is 5.18. The highest BCUT2D eigenvalue weighted by molar-refractivity contribution is 7.98. The van der Waals surface area contributed by atoms with Crippen LogP contribution in [0.3, 0.4) is 0 Å². The van der Waals surface area contributed by atoms with E-state index in [1.54, 1.807) is 16.0 Å². The molecule has 0 amide bonds. The molecular weight excluding hydrogens is 356 g/mol. The summed E-state index contributed by atoms with van der Waals surface area (Å²) in [6.45, 7) is 3.95. The second-order valence-corrected chi connectivity index (χ2v) is 7.29. The summed E-state index contributed by atoms with van der Waals surface area (Å²) in [4.78, 5) is 5.39. The van der Waals surface area contributed by atoms with Crippen LogP contribution in [-0.2, 0) is 5.75 Å². The molecule has 0 aliphatic heterocycles. The maximum atomic E-state index is 5.28. The Morgan fingerprint density at radius 1 is 1.20 bits per heavy atom. The van der Waals surface area contributed by atoms with Gasteiger partial charge in [0, 0.05) is 5.69 Å². The Hall–Kier alpha value is -2.52. The third-order valence-electron chi connectivity index (χ3n) is 3.41. The normalized spacial score (nSPS) is 11.1. The van der Waals surface area contributed by atoms with Gasteiger partial charge in [0.1, 0.15) is 5.03 Å². The van der Waals surface area contributed by atoms with Crippen molar-refractivity contribution in [2.75, 3.05) is 0 Å². The highest BCUT2D eigenvalue weighted by Crippen LogP contribution is 2.24. The van der Waals surface area contributed by atoms with E-state index in [9.17, 15) is 0 Å². The molecule has 0 unspecified atom stereocenters. The fourth-order valence-corrected chi connectivity index (χ4v) is 3.62. The van der Waals surface area contributed by atoms with E-state index in [1.165, 1.54) is 11.8 Å². The molecule has 0 bridgehead atoms. The van der Waals surface area contributed by atoms with Gasteiger partial charge in [-0.15, -0.1) is 21.5 Å². The van der Waals surface area contributed by atoms with Gasteiger partial charge < -0.3 is 4.52 Å². The van der Waals surface area contributed by atoms with Gasteiger partial charge in [-0.25, -0.2) is 4.68 Å². The van der Waals surface area contributed by atoms with Crippen LogP contribution in [0.1, 0.15) is 17.3 Å². The van der Waals surface area contributed by atoms with Crippen LogP contribution in [-0.4, -0.2) is 30.1 Å². The number of thioether (sulfide) groups is 1. The summed E-state index contributed by atoms with van der Waals surface area (Å²) in [5.41, 5.74) is 1.98. The summed E-state index contributed by atoms with van der Waals surface area (Å²) >= 11 is 3.09. The van der Waals surface area contributed by atoms with E-state index in [2.05, 4.69) is 25.4 Å². The van der Waals surface area contributed by atoms with Gasteiger partial charge in [-0.2, -0.15) is 10.1 Å². The highest BCUT2D eigenvalue weighted by atomic mass is 32.2. The first kappa shape index (κ1) is 16.0. The number of hydrogen-bond donors (Lipinski definition) is 0. The quantitative estimate of drug-likeness (QED) is 0.496. The summed E-state index contributed by atoms with van der Waals surface area (Å²) in [5, 5.41) is 19.7. The monoisotopic (exact) mass is 370 g/mol. The van der Waals surface area contributed by atoms with Crippen LogP contribution >= 0.6 is 23.1 Å². The van der Waals surface area contributed by atoms with Crippen molar-refractivity contribution in [2.45, 2.75) is 24.6 Å². The maximum absolute atomic E-state index is 5.28. The molecule has 0 saturated heterocycles. The molecule has 4 rings (SSSR count). The molecule has 4 aromatic rings. The SMILES string of the molecule is Cc1cc(C)n(-c2ccc(SCc3nc(-c4cccs4)no3)nn2)n1. The lowest BCUT2D eigenvalue weighted by molar-refractivity contribution is 0.392. The van der Waals surface area contributed by atoms with Crippen LogP contribution < -0.4 is 0 Å². The molecule has 0 atom stereocenters. The van der Waals surface area contributed by atoms with E-state index >= 15 is 0 Å². The Bertz CT molecular complexity index is 975. The molecule has 0 fully saturated rings. The molecule has 4 aromatic heterocycles. The van der Waals surface area contributed by atoms with E-state index in [0.29, 0.717) is 23.3 Å². The molecule has 126 valence electrons. The predicted octanol–water partition coefficient (Wildman–Crippen LogP) is 3.68. The molecule has 9 heteroatoms. The Morgan fingerprint density at radius 3 is 2.80 bits per heavy atom. The van der Waals surface area contributed by atoms with Gasteiger partial charge >= 0.3 is 0 Å². The first-order valence-electron chi connectivity index (χ1n) is 7.56. The van der Waals surface area contributed by atoms with E-state index in [1.807, 2.05) is 49.6 Å². The zero-order valence-corrected chi connectivity index (χ0v) is 15.2. The molecule has 0 saturated carbocycles. The Balaban J connectivity index is 1.43.